The molecule has 0 aromatic carbocycles. The van der Waals surface area contributed by atoms with Gasteiger partial charge in [0.2, 0.25) is 0 Å². The zero-order valence-electron chi connectivity index (χ0n) is 10.8. The molecule has 0 aromatic heterocycles. The first-order chi connectivity index (χ1) is 8.17. The van der Waals surface area contributed by atoms with E-state index in [0.717, 1.165) is 19.0 Å². The molecule has 18 heavy (non-hydrogen) atoms. The highest BCUT2D eigenvalue weighted by Gasteiger charge is 2.22. The van der Waals surface area contributed by atoms with Crippen molar-refractivity contribution in [2.24, 2.45) is 4.99 Å². The summed E-state index contributed by atoms with van der Waals surface area (Å²) >= 11 is 5.72. The molecule has 106 valence electrons. The number of hydrogen-bond donors (Lipinski definition) is 1. The normalized spacial score (nSPS) is 20.3. The van der Waals surface area contributed by atoms with Crippen molar-refractivity contribution < 1.29 is 9.47 Å². The summed E-state index contributed by atoms with van der Waals surface area (Å²) in [7, 11) is 3.42. The average Bonchev–Trinajstić information content (AvgIpc) is 2.30. The van der Waals surface area contributed by atoms with E-state index >= 15 is 0 Å². The predicted molar refractivity (Wildman–Crippen MR) is 85.0 cm³/mol. The fourth-order valence-corrected chi connectivity index (χ4v) is 1.77. The Hall–Kier alpha value is -0.0500. The molecule has 0 saturated carbocycles. The second-order valence-corrected chi connectivity index (χ2v) is 4.35. The van der Waals surface area contributed by atoms with Crippen LogP contribution in [-0.4, -0.2) is 64.0 Å². The zero-order valence-corrected chi connectivity index (χ0v) is 13.9. The van der Waals surface area contributed by atoms with E-state index in [0.29, 0.717) is 24.8 Å². The highest BCUT2D eigenvalue weighted by molar-refractivity contribution is 14.0. The lowest BCUT2D eigenvalue weighted by atomic mass is 10.3. The molecule has 1 unspecified atom stereocenters. The van der Waals surface area contributed by atoms with Crippen LogP contribution in [0.2, 0.25) is 0 Å². The minimum Gasteiger partial charge on any atom is -0.382 e. The number of morpholine rings is 1. The smallest absolute Gasteiger partial charge is 0.194 e. The summed E-state index contributed by atoms with van der Waals surface area (Å²) in [5.41, 5.74) is 0. The summed E-state index contributed by atoms with van der Waals surface area (Å²) < 4.78 is 10.7. The molecule has 0 radical (unpaired) electrons. The molecular formula is C11H21ClIN3O2. The SMILES string of the molecule is C=C(Cl)CNC(=NC)N1CCOC(COC)C1.I. The van der Waals surface area contributed by atoms with E-state index in [9.17, 15) is 0 Å². The van der Waals surface area contributed by atoms with Crippen molar-refractivity contribution in [3.05, 3.63) is 11.6 Å². The Morgan fingerprint density at radius 1 is 1.67 bits per heavy atom. The first-order valence-electron chi connectivity index (χ1n) is 5.56. The third-order valence-corrected chi connectivity index (χ3v) is 2.57. The average molecular weight is 390 g/mol. The molecule has 1 aliphatic heterocycles. The molecule has 1 aliphatic rings. The van der Waals surface area contributed by atoms with Crippen LogP contribution in [0.25, 0.3) is 0 Å². The van der Waals surface area contributed by atoms with Gasteiger partial charge in [-0.1, -0.05) is 18.2 Å². The molecule has 0 aliphatic carbocycles. The van der Waals surface area contributed by atoms with Crippen molar-refractivity contribution in [3.63, 3.8) is 0 Å². The lowest BCUT2D eigenvalue weighted by Gasteiger charge is -2.34. The largest absolute Gasteiger partial charge is 0.382 e. The van der Waals surface area contributed by atoms with Crippen molar-refractivity contribution in [2.75, 3.05) is 47.0 Å². The summed E-state index contributed by atoms with van der Waals surface area (Å²) in [6, 6.07) is 0. The fourth-order valence-electron chi connectivity index (χ4n) is 1.71. The van der Waals surface area contributed by atoms with Crippen LogP contribution < -0.4 is 5.32 Å². The molecule has 1 heterocycles. The fraction of sp³-hybridized carbons (Fsp3) is 0.727. The van der Waals surface area contributed by atoms with E-state index < -0.39 is 0 Å². The number of hydrogen-bond acceptors (Lipinski definition) is 3. The summed E-state index contributed by atoms with van der Waals surface area (Å²) in [6.07, 6.45) is 0.0894. The first kappa shape index (κ1) is 17.9. The monoisotopic (exact) mass is 389 g/mol. The van der Waals surface area contributed by atoms with E-state index in [2.05, 4.69) is 21.8 Å². The molecule has 1 atom stereocenters. The van der Waals surface area contributed by atoms with Crippen molar-refractivity contribution in [1.82, 2.24) is 10.2 Å². The maximum atomic E-state index is 5.72. The Balaban J connectivity index is 0.00000289. The van der Waals surface area contributed by atoms with Crippen LogP contribution in [0, 0.1) is 0 Å². The van der Waals surface area contributed by atoms with Gasteiger partial charge < -0.3 is 19.7 Å². The molecule has 5 nitrogen and oxygen atoms in total. The second-order valence-electron chi connectivity index (χ2n) is 3.81. The van der Waals surface area contributed by atoms with Crippen LogP contribution >= 0.6 is 35.6 Å². The van der Waals surface area contributed by atoms with Gasteiger partial charge in [-0.25, -0.2) is 0 Å². The van der Waals surface area contributed by atoms with Crippen LogP contribution in [0.4, 0.5) is 0 Å². The Morgan fingerprint density at radius 3 is 2.94 bits per heavy atom. The van der Waals surface area contributed by atoms with Crippen molar-refractivity contribution >= 4 is 41.5 Å². The number of guanidine groups is 1. The summed E-state index contributed by atoms with van der Waals surface area (Å²) in [4.78, 5) is 6.35. The van der Waals surface area contributed by atoms with Crippen LogP contribution in [0.5, 0.6) is 0 Å². The van der Waals surface area contributed by atoms with Crippen LogP contribution in [0.15, 0.2) is 16.6 Å². The van der Waals surface area contributed by atoms with Crippen molar-refractivity contribution in [1.29, 1.82) is 0 Å². The molecule has 1 saturated heterocycles. The molecule has 1 fully saturated rings. The van der Waals surface area contributed by atoms with Crippen LogP contribution in [0.3, 0.4) is 0 Å². The number of aliphatic imine (C=N–C) groups is 1. The van der Waals surface area contributed by atoms with Crippen LogP contribution in [0.1, 0.15) is 0 Å². The second kappa shape index (κ2) is 9.82. The molecule has 0 amide bonds. The number of methoxy groups -OCH3 is 1. The van der Waals surface area contributed by atoms with E-state index in [1.807, 2.05) is 0 Å². The number of nitrogens with zero attached hydrogens (tertiary/aromatic N) is 2. The van der Waals surface area contributed by atoms with Gasteiger partial charge in [-0.15, -0.1) is 24.0 Å². The Morgan fingerprint density at radius 2 is 2.39 bits per heavy atom. The topological polar surface area (TPSA) is 46.1 Å². The van der Waals surface area contributed by atoms with Gasteiger partial charge in [-0.3, -0.25) is 4.99 Å². The Bertz CT molecular complexity index is 287. The number of rotatable bonds is 4. The third-order valence-electron chi connectivity index (χ3n) is 2.44. The molecular weight excluding hydrogens is 368 g/mol. The van der Waals surface area contributed by atoms with Gasteiger partial charge in [0.15, 0.2) is 5.96 Å². The quantitative estimate of drug-likeness (QED) is 0.447. The number of halogens is 2. The summed E-state index contributed by atoms with van der Waals surface area (Å²) in [6.45, 7) is 7.00. The Labute approximate surface area is 131 Å². The minimum absolute atomic E-state index is 0. The van der Waals surface area contributed by atoms with Crippen LogP contribution in [-0.2, 0) is 9.47 Å². The lowest BCUT2D eigenvalue weighted by molar-refractivity contribution is -0.0446. The highest BCUT2D eigenvalue weighted by Crippen LogP contribution is 2.06. The standard InChI is InChI=1S/C11H20ClN3O2.HI/c1-9(12)6-14-11(13-2)15-4-5-17-10(7-15)8-16-3;/h10H,1,4-8H2,2-3H3,(H,13,14);1H. The summed E-state index contributed by atoms with van der Waals surface area (Å²) in [5.74, 6) is 0.816. The molecule has 0 aromatic rings. The van der Waals surface area contributed by atoms with Crippen molar-refractivity contribution in [3.8, 4) is 0 Å². The minimum atomic E-state index is 0. The zero-order chi connectivity index (χ0) is 12.7. The maximum Gasteiger partial charge on any atom is 0.194 e. The van der Waals surface area contributed by atoms with Gasteiger partial charge in [-0.05, 0) is 0 Å². The number of nitrogens with one attached hydrogen (secondary N) is 1. The van der Waals surface area contributed by atoms with E-state index in [1.54, 1.807) is 14.2 Å². The molecule has 0 bridgehead atoms. The highest BCUT2D eigenvalue weighted by atomic mass is 127. The molecule has 1 rings (SSSR count). The van der Waals surface area contributed by atoms with Gasteiger partial charge >= 0.3 is 0 Å². The van der Waals surface area contributed by atoms with Gasteiger partial charge in [0.05, 0.1) is 25.9 Å². The van der Waals surface area contributed by atoms with Gasteiger partial charge in [0, 0.05) is 32.3 Å². The summed E-state index contributed by atoms with van der Waals surface area (Å²) in [5, 5.41) is 3.71. The lowest BCUT2D eigenvalue weighted by Crippen LogP contribution is -2.51. The van der Waals surface area contributed by atoms with E-state index in [-0.39, 0.29) is 30.1 Å². The van der Waals surface area contributed by atoms with Gasteiger partial charge in [0.1, 0.15) is 0 Å². The molecule has 7 heteroatoms. The molecule has 1 N–H and O–H groups in total. The third kappa shape index (κ3) is 6.21. The van der Waals surface area contributed by atoms with Gasteiger partial charge in [-0.2, -0.15) is 0 Å². The molecule has 0 spiro atoms. The first-order valence-corrected chi connectivity index (χ1v) is 5.94. The Kier molecular flexibility index (Phi) is 9.80. The van der Waals surface area contributed by atoms with Gasteiger partial charge in [0.25, 0.3) is 0 Å². The maximum absolute atomic E-state index is 5.72. The van der Waals surface area contributed by atoms with Crippen molar-refractivity contribution in [2.45, 2.75) is 6.10 Å². The number of ether oxygens (including phenoxy) is 2. The van der Waals surface area contributed by atoms with E-state index in [4.69, 9.17) is 21.1 Å². The predicted octanol–water partition coefficient (Wildman–Crippen LogP) is 1.28. The van der Waals surface area contributed by atoms with E-state index in [1.165, 1.54) is 0 Å².